The maximum atomic E-state index is 12.3. The van der Waals surface area contributed by atoms with Gasteiger partial charge in [-0.1, -0.05) is 35.9 Å². The largest absolute Gasteiger partial charge is 0.451 e. The molecule has 0 spiro atoms. The highest BCUT2D eigenvalue weighted by Crippen LogP contribution is 2.52. The Morgan fingerprint density at radius 3 is 2.38 bits per heavy atom. The van der Waals surface area contributed by atoms with Crippen LogP contribution in [0.5, 0.6) is 0 Å². The van der Waals surface area contributed by atoms with Gasteiger partial charge in [-0.15, -0.1) is 0 Å². The maximum absolute atomic E-state index is 12.3. The van der Waals surface area contributed by atoms with E-state index in [9.17, 15) is 4.32 Å². The summed E-state index contributed by atoms with van der Waals surface area (Å²) in [5.74, 6) is 0. The summed E-state index contributed by atoms with van der Waals surface area (Å²) in [7, 11) is 0.485. The quantitative estimate of drug-likeness (QED) is 0.763. The first kappa shape index (κ1) is 18.3. The van der Waals surface area contributed by atoms with Crippen molar-refractivity contribution in [2.75, 3.05) is 0 Å². The van der Waals surface area contributed by atoms with E-state index >= 15 is 0 Å². The molecule has 1 radical (unpaired) electrons. The highest BCUT2D eigenvalue weighted by atomic mass is 19.1. The van der Waals surface area contributed by atoms with Gasteiger partial charge < -0.3 is 15.3 Å². The molecule has 1 atom stereocenters. The van der Waals surface area contributed by atoms with E-state index in [1.165, 1.54) is 27.8 Å². The van der Waals surface area contributed by atoms with Gasteiger partial charge in [-0.05, 0) is 74.1 Å². The lowest BCUT2D eigenvalue weighted by atomic mass is 10.1. The molecule has 0 saturated heterocycles. The average Bonchev–Trinajstić information content (AvgIpc) is 3.23. The van der Waals surface area contributed by atoms with Crippen LogP contribution in [0, 0.1) is 6.92 Å². The second-order valence-corrected chi connectivity index (χ2v) is 6.48. The molecule has 0 bridgehead atoms. The third-order valence-electron chi connectivity index (χ3n) is 4.09. The Morgan fingerprint density at radius 1 is 1.21 bits per heavy atom. The number of aryl methyl sites for hydroxylation is 1. The van der Waals surface area contributed by atoms with E-state index in [1.54, 1.807) is 0 Å². The minimum atomic E-state index is -0.0595. The Bertz CT molecular complexity index is 735. The Morgan fingerprint density at radius 2 is 1.83 bits per heavy atom. The highest BCUT2D eigenvalue weighted by Gasteiger charge is 2.33. The third kappa shape index (κ3) is 4.27. The van der Waals surface area contributed by atoms with Crippen molar-refractivity contribution in [2.24, 2.45) is 5.73 Å². The predicted octanol–water partition coefficient (Wildman–Crippen LogP) is 4.37. The lowest BCUT2D eigenvalue weighted by Gasteiger charge is -2.05. The molecule has 0 heterocycles. The summed E-state index contributed by atoms with van der Waals surface area (Å²) in [6, 6.07) is 8.48. The highest BCUT2D eigenvalue weighted by molar-refractivity contribution is 6.22. The van der Waals surface area contributed by atoms with E-state index in [-0.39, 0.29) is 6.04 Å². The zero-order valence-corrected chi connectivity index (χ0v) is 15.1. The topological polar surface area (TPSA) is 38.0 Å². The van der Waals surface area contributed by atoms with Gasteiger partial charge in [0, 0.05) is 11.7 Å². The van der Waals surface area contributed by atoms with E-state index in [2.05, 4.69) is 50.3 Å². The number of rotatable bonds is 6. The molecule has 4 heteroatoms. The molecule has 1 aliphatic carbocycles. The van der Waals surface area contributed by atoms with Crippen LogP contribution in [0.1, 0.15) is 38.8 Å². The van der Waals surface area contributed by atoms with Gasteiger partial charge in [0.05, 0.1) is 0 Å². The fourth-order valence-electron chi connectivity index (χ4n) is 3.00. The molecular formula is C20H25BFN2. The summed E-state index contributed by atoms with van der Waals surface area (Å²) >= 11 is 0. The molecule has 2 rings (SSSR count). The molecule has 0 amide bonds. The molecule has 125 valence electrons. The molecular weight excluding hydrogens is 298 g/mol. The SMILES string of the molecule is C/C(N)=C/C(C)=C1C(/C(C)=C\C(C)N[B]F)=C/1c1ccc(C)cc1. The van der Waals surface area contributed by atoms with Crippen LogP contribution in [0.25, 0.3) is 5.57 Å². The number of benzene rings is 1. The number of allylic oxidation sites excluding steroid dienone is 7. The molecule has 1 aliphatic rings. The molecule has 0 saturated carbocycles. The smallest absolute Gasteiger partial charge is 0.402 e. The van der Waals surface area contributed by atoms with Crippen LogP contribution in [0.4, 0.5) is 4.32 Å². The summed E-state index contributed by atoms with van der Waals surface area (Å²) in [6.45, 7) is 10.1. The molecule has 24 heavy (non-hydrogen) atoms. The van der Waals surface area contributed by atoms with E-state index in [1.807, 2.05) is 26.0 Å². The monoisotopic (exact) mass is 323 g/mol. The van der Waals surface area contributed by atoms with E-state index < -0.39 is 0 Å². The van der Waals surface area contributed by atoms with E-state index in [0.29, 0.717) is 7.69 Å². The van der Waals surface area contributed by atoms with Crippen LogP contribution in [0.2, 0.25) is 0 Å². The molecule has 1 aromatic carbocycles. The average molecular weight is 323 g/mol. The van der Waals surface area contributed by atoms with Crippen LogP contribution in [-0.4, -0.2) is 13.7 Å². The molecule has 3 N–H and O–H groups in total. The number of hydrogen-bond donors (Lipinski definition) is 2. The van der Waals surface area contributed by atoms with Crippen molar-refractivity contribution in [2.45, 2.75) is 40.7 Å². The summed E-state index contributed by atoms with van der Waals surface area (Å²) in [6.07, 6.45) is 4.04. The van der Waals surface area contributed by atoms with Gasteiger partial charge in [0.2, 0.25) is 0 Å². The summed E-state index contributed by atoms with van der Waals surface area (Å²) in [5, 5.41) is 2.66. The zero-order chi connectivity index (χ0) is 17.9. The minimum Gasteiger partial charge on any atom is -0.402 e. The number of halogens is 1. The van der Waals surface area contributed by atoms with Crippen LogP contribution >= 0.6 is 0 Å². The second kappa shape index (κ2) is 7.67. The van der Waals surface area contributed by atoms with Gasteiger partial charge in [0.1, 0.15) is 0 Å². The van der Waals surface area contributed by atoms with Gasteiger partial charge in [-0.2, -0.15) is 0 Å². The number of nitrogens with one attached hydrogen (secondary N) is 1. The lowest BCUT2D eigenvalue weighted by Crippen LogP contribution is -2.25. The van der Waals surface area contributed by atoms with Crippen molar-refractivity contribution in [1.29, 1.82) is 0 Å². The number of hydrogen-bond acceptors (Lipinski definition) is 2. The molecule has 0 aromatic heterocycles. The third-order valence-corrected chi connectivity index (χ3v) is 4.09. The van der Waals surface area contributed by atoms with Crippen LogP contribution in [-0.2, 0) is 0 Å². The molecule has 1 unspecified atom stereocenters. The first-order valence-corrected chi connectivity index (χ1v) is 8.18. The van der Waals surface area contributed by atoms with Crippen molar-refractivity contribution in [3.8, 4) is 0 Å². The predicted molar refractivity (Wildman–Crippen MR) is 102 cm³/mol. The molecule has 0 fully saturated rings. The standard InChI is InChI=1S/C20H25BFN2/c1-12-6-8-17(9-7-12)20-18(13(2)10-15(4)23)19(20)14(3)11-16(5)24-21-22/h6-11,16,24H,23H2,1-5H3/b14-11-,15-10-,18-13-. The van der Waals surface area contributed by atoms with Crippen molar-refractivity contribution >= 4 is 13.3 Å². The minimum absolute atomic E-state index is 0.0595. The van der Waals surface area contributed by atoms with Crippen LogP contribution < -0.4 is 11.0 Å². The zero-order valence-electron chi connectivity index (χ0n) is 15.1. The fourth-order valence-corrected chi connectivity index (χ4v) is 3.00. The van der Waals surface area contributed by atoms with E-state index in [0.717, 1.165) is 16.8 Å². The van der Waals surface area contributed by atoms with Crippen molar-refractivity contribution in [3.05, 3.63) is 75.5 Å². The molecule has 1 aromatic rings. The fraction of sp³-hybridized carbons (Fsp3) is 0.300. The summed E-state index contributed by atoms with van der Waals surface area (Å²) < 4.78 is 12.3. The summed E-state index contributed by atoms with van der Waals surface area (Å²) in [5.41, 5.74) is 15.1. The lowest BCUT2D eigenvalue weighted by molar-refractivity contribution is 0.746. The molecule has 2 nitrogen and oxygen atoms in total. The first-order chi connectivity index (χ1) is 11.3. The van der Waals surface area contributed by atoms with Gasteiger partial charge >= 0.3 is 7.69 Å². The Balaban J connectivity index is 2.45. The van der Waals surface area contributed by atoms with Gasteiger partial charge in [-0.3, -0.25) is 0 Å². The van der Waals surface area contributed by atoms with Crippen molar-refractivity contribution in [1.82, 2.24) is 5.23 Å². The van der Waals surface area contributed by atoms with Crippen LogP contribution in [0.3, 0.4) is 0 Å². The maximum Gasteiger partial charge on any atom is 0.451 e. The Labute approximate surface area is 145 Å². The molecule has 0 aliphatic heterocycles. The van der Waals surface area contributed by atoms with Gasteiger partial charge in [0.15, 0.2) is 0 Å². The van der Waals surface area contributed by atoms with Crippen LogP contribution in [0.15, 0.2) is 64.4 Å². The second-order valence-electron chi connectivity index (χ2n) is 6.48. The van der Waals surface area contributed by atoms with E-state index in [4.69, 9.17) is 5.73 Å². The first-order valence-electron chi connectivity index (χ1n) is 8.18. The number of nitrogens with two attached hydrogens (primary N) is 1. The summed E-state index contributed by atoms with van der Waals surface area (Å²) in [4.78, 5) is 0. The Hall–Kier alpha value is -2.07. The Kier molecular flexibility index (Phi) is 5.84. The van der Waals surface area contributed by atoms with Gasteiger partial charge in [-0.25, -0.2) is 0 Å². The van der Waals surface area contributed by atoms with Crippen molar-refractivity contribution in [3.63, 3.8) is 0 Å². The normalized spacial score (nSPS) is 18.6. The van der Waals surface area contributed by atoms with Gasteiger partial charge in [0.25, 0.3) is 0 Å². The van der Waals surface area contributed by atoms with Crippen molar-refractivity contribution < 1.29 is 4.32 Å².